The number of hydrogen-bond acceptors (Lipinski definition) is 5. The fourth-order valence-electron chi connectivity index (χ4n) is 1.60. The van der Waals surface area contributed by atoms with Crippen LogP contribution >= 0.6 is 0 Å². The molecule has 0 saturated heterocycles. The molecule has 0 aliphatic heterocycles. The molecule has 0 saturated carbocycles. The first-order chi connectivity index (χ1) is 8.01. The summed E-state index contributed by atoms with van der Waals surface area (Å²) in [5.74, 6) is 0.451. The third-order valence-corrected chi connectivity index (χ3v) is 2.45. The van der Waals surface area contributed by atoms with Crippen molar-refractivity contribution in [3.8, 4) is 0 Å². The minimum absolute atomic E-state index is 0.0274. The number of aromatic nitrogens is 2. The lowest BCUT2D eigenvalue weighted by Crippen LogP contribution is -2.27. The van der Waals surface area contributed by atoms with Gasteiger partial charge in [-0.25, -0.2) is 4.68 Å². The van der Waals surface area contributed by atoms with Crippen LogP contribution in [0.3, 0.4) is 0 Å². The quantitative estimate of drug-likeness (QED) is 0.577. The maximum Gasteiger partial charge on any atom is 0.333 e. The Bertz CT molecular complexity index is 402. The molecule has 0 radical (unpaired) electrons. The van der Waals surface area contributed by atoms with Crippen molar-refractivity contribution in [2.75, 3.05) is 11.9 Å². The monoisotopic (exact) mass is 241 g/mol. The zero-order chi connectivity index (χ0) is 13.0. The van der Waals surface area contributed by atoms with E-state index in [4.69, 9.17) is 5.73 Å². The molecule has 1 atom stereocenters. The van der Waals surface area contributed by atoms with Crippen LogP contribution in [0.2, 0.25) is 0 Å². The van der Waals surface area contributed by atoms with Crippen LogP contribution in [-0.2, 0) is 6.54 Å². The van der Waals surface area contributed by atoms with Crippen molar-refractivity contribution >= 4 is 11.5 Å². The van der Waals surface area contributed by atoms with Gasteiger partial charge in [0.1, 0.15) is 5.69 Å². The van der Waals surface area contributed by atoms with Gasteiger partial charge in [0.05, 0.1) is 4.92 Å². The minimum atomic E-state index is -0.403. The summed E-state index contributed by atoms with van der Waals surface area (Å²) >= 11 is 0. The van der Waals surface area contributed by atoms with E-state index in [9.17, 15) is 10.1 Å². The molecule has 0 aliphatic carbocycles. The maximum atomic E-state index is 11.0. The molecule has 0 spiro atoms. The molecule has 0 aliphatic rings. The van der Waals surface area contributed by atoms with Gasteiger partial charge in [-0.05, 0) is 20.3 Å². The van der Waals surface area contributed by atoms with Crippen molar-refractivity contribution in [2.45, 2.75) is 39.8 Å². The molecule has 1 unspecified atom stereocenters. The van der Waals surface area contributed by atoms with E-state index in [0.717, 1.165) is 6.42 Å². The van der Waals surface area contributed by atoms with Crippen molar-refractivity contribution in [1.82, 2.24) is 9.78 Å². The van der Waals surface area contributed by atoms with Crippen molar-refractivity contribution in [1.29, 1.82) is 0 Å². The highest BCUT2D eigenvalue weighted by Crippen LogP contribution is 2.28. The smallest absolute Gasteiger partial charge is 0.333 e. The molecule has 3 N–H and O–H groups in total. The highest BCUT2D eigenvalue weighted by Gasteiger charge is 2.25. The molecule has 7 nitrogen and oxygen atoms in total. The summed E-state index contributed by atoms with van der Waals surface area (Å²) in [6.45, 7) is 6.58. The largest absolute Gasteiger partial charge is 0.361 e. The zero-order valence-corrected chi connectivity index (χ0v) is 10.4. The van der Waals surface area contributed by atoms with E-state index in [2.05, 4.69) is 10.4 Å². The van der Waals surface area contributed by atoms with Crippen LogP contribution in [0.25, 0.3) is 0 Å². The second kappa shape index (κ2) is 5.62. The topological polar surface area (TPSA) is 99.0 Å². The summed E-state index contributed by atoms with van der Waals surface area (Å²) in [4.78, 5) is 10.6. The Labute approximate surface area is 100 Å². The molecule has 17 heavy (non-hydrogen) atoms. The lowest BCUT2D eigenvalue weighted by atomic mass is 10.3. The lowest BCUT2D eigenvalue weighted by Gasteiger charge is -2.13. The first-order valence-electron chi connectivity index (χ1n) is 5.69. The maximum absolute atomic E-state index is 11.0. The molecule has 0 fully saturated rings. The van der Waals surface area contributed by atoms with Crippen molar-refractivity contribution in [3.05, 3.63) is 15.8 Å². The summed E-state index contributed by atoms with van der Waals surface area (Å²) in [6.07, 6.45) is 0.865. The molecule has 1 rings (SSSR count). The van der Waals surface area contributed by atoms with Crippen LogP contribution in [0.1, 0.15) is 26.0 Å². The number of nitrogens with one attached hydrogen (secondary N) is 1. The lowest BCUT2D eigenvalue weighted by molar-refractivity contribution is -0.384. The Morgan fingerprint density at radius 2 is 2.29 bits per heavy atom. The fourth-order valence-corrected chi connectivity index (χ4v) is 1.60. The van der Waals surface area contributed by atoms with E-state index in [1.54, 1.807) is 11.6 Å². The SMILES string of the molecule is CCCn1nc(C)c([N+](=O)[O-])c1NC(C)CN. The van der Waals surface area contributed by atoms with Gasteiger partial charge >= 0.3 is 5.69 Å². The highest BCUT2D eigenvalue weighted by atomic mass is 16.6. The second-order valence-corrected chi connectivity index (χ2v) is 4.04. The van der Waals surface area contributed by atoms with Crippen molar-refractivity contribution in [2.24, 2.45) is 5.73 Å². The Morgan fingerprint density at radius 3 is 2.76 bits per heavy atom. The third-order valence-electron chi connectivity index (χ3n) is 2.45. The van der Waals surface area contributed by atoms with E-state index >= 15 is 0 Å². The van der Waals surface area contributed by atoms with Gasteiger partial charge in [0.15, 0.2) is 0 Å². The Hall–Kier alpha value is -1.63. The van der Waals surface area contributed by atoms with Gasteiger partial charge in [-0.3, -0.25) is 10.1 Å². The van der Waals surface area contributed by atoms with Crippen LogP contribution < -0.4 is 11.1 Å². The highest BCUT2D eigenvalue weighted by molar-refractivity contribution is 5.60. The number of anilines is 1. The van der Waals surface area contributed by atoms with E-state index < -0.39 is 4.92 Å². The van der Waals surface area contributed by atoms with Gasteiger partial charge in [0.2, 0.25) is 5.82 Å². The van der Waals surface area contributed by atoms with Crippen LogP contribution in [0, 0.1) is 17.0 Å². The first kappa shape index (κ1) is 13.4. The number of aryl methyl sites for hydroxylation is 2. The number of rotatable bonds is 6. The third kappa shape index (κ3) is 2.94. The molecule has 0 amide bonds. The van der Waals surface area contributed by atoms with E-state index in [-0.39, 0.29) is 11.7 Å². The predicted octanol–water partition coefficient (Wildman–Crippen LogP) is 1.27. The normalized spacial score (nSPS) is 12.5. The summed E-state index contributed by atoms with van der Waals surface area (Å²) in [6, 6.07) is -0.0274. The molecule has 1 aromatic rings. The molecular weight excluding hydrogens is 222 g/mol. The van der Waals surface area contributed by atoms with Crippen LogP contribution in [0.4, 0.5) is 11.5 Å². The number of hydrogen-bond donors (Lipinski definition) is 2. The summed E-state index contributed by atoms with van der Waals surface area (Å²) in [5.41, 5.74) is 5.98. The zero-order valence-electron chi connectivity index (χ0n) is 10.4. The molecule has 0 aromatic carbocycles. The van der Waals surface area contributed by atoms with Gasteiger partial charge in [-0.2, -0.15) is 5.10 Å². The summed E-state index contributed by atoms with van der Waals surface area (Å²) < 4.78 is 1.64. The summed E-state index contributed by atoms with van der Waals surface area (Å²) in [5, 5.41) is 18.2. The first-order valence-corrected chi connectivity index (χ1v) is 5.69. The van der Waals surface area contributed by atoms with Crippen molar-refractivity contribution in [3.63, 3.8) is 0 Å². The van der Waals surface area contributed by atoms with Gasteiger partial charge in [0, 0.05) is 19.1 Å². The van der Waals surface area contributed by atoms with E-state index in [0.29, 0.717) is 24.6 Å². The standard InChI is InChI=1S/C10H19N5O2/c1-4-5-14-10(12-7(2)6-11)9(15(16)17)8(3)13-14/h7,12H,4-6,11H2,1-3H3. The molecule has 1 aromatic heterocycles. The molecule has 0 bridgehead atoms. The van der Waals surface area contributed by atoms with Gasteiger partial charge in [-0.1, -0.05) is 6.92 Å². The summed E-state index contributed by atoms with van der Waals surface area (Å²) in [7, 11) is 0. The van der Waals surface area contributed by atoms with Gasteiger partial charge in [0.25, 0.3) is 0 Å². The average molecular weight is 241 g/mol. The Balaban J connectivity index is 3.15. The second-order valence-electron chi connectivity index (χ2n) is 4.04. The molecule has 96 valence electrons. The minimum Gasteiger partial charge on any atom is -0.361 e. The molecular formula is C10H19N5O2. The van der Waals surface area contributed by atoms with E-state index in [1.807, 2.05) is 13.8 Å². The average Bonchev–Trinajstić information content (AvgIpc) is 2.55. The van der Waals surface area contributed by atoms with E-state index in [1.165, 1.54) is 0 Å². The predicted molar refractivity (Wildman–Crippen MR) is 66.0 cm³/mol. The molecule has 7 heteroatoms. The van der Waals surface area contributed by atoms with Gasteiger partial charge < -0.3 is 11.1 Å². The van der Waals surface area contributed by atoms with Crippen LogP contribution in [0.15, 0.2) is 0 Å². The number of nitro groups is 1. The number of nitrogens with two attached hydrogens (primary N) is 1. The number of nitrogens with zero attached hydrogens (tertiary/aromatic N) is 3. The van der Waals surface area contributed by atoms with Crippen LogP contribution in [-0.4, -0.2) is 27.3 Å². The Morgan fingerprint density at radius 1 is 1.65 bits per heavy atom. The Kier molecular flexibility index (Phi) is 4.45. The van der Waals surface area contributed by atoms with Gasteiger partial charge in [-0.15, -0.1) is 0 Å². The van der Waals surface area contributed by atoms with Crippen LogP contribution in [0.5, 0.6) is 0 Å². The fraction of sp³-hybridized carbons (Fsp3) is 0.700. The molecule has 1 heterocycles. The van der Waals surface area contributed by atoms with Crippen molar-refractivity contribution < 1.29 is 4.92 Å².